The van der Waals surface area contributed by atoms with Crippen LogP contribution in [0.1, 0.15) is 11.1 Å². The summed E-state index contributed by atoms with van der Waals surface area (Å²) < 4.78 is 5.54. The zero-order valence-electron chi connectivity index (χ0n) is 13.7. The van der Waals surface area contributed by atoms with Crippen molar-refractivity contribution >= 4 is 23.5 Å². The van der Waals surface area contributed by atoms with Crippen LogP contribution in [0.2, 0.25) is 0 Å². The first-order chi connectivity index (χ1) is 12.1. The molecule has 124 valence electrons. The van der Waals surface area contributed by atoms with Crippen molar-refractivity contribution in [3.8, 4) is 11.8 Å². The van der Waals surface area contributed by atoms with E-state index in [0.29, 0.717) is 17.0 Å². The lowest BCUT2D eigenvalue weighted by molar-refractivity contribution is -0.126. The van der Waals surface area contributed by atoms with Gasteiger partial charge < -0.3 is 10.1 Å². The lowest BCUT2D eigenvalue weighted by Crippen LogP contribution is -2.31. The van der Waals surface area contributed by atoms with Crippen LogP contribution < -0.4 is 10.1 Å². The van der Waals surface area contributed by atoms with Crippen molar-refractivity contribution in [2.45, 2.75) is 6.92 Å². The second-order valence-electron chi connectivity index (χ2n) is 5.78. The number of ether oxygens (including phenoxy) is 1. The van der Waals surface area contributed by atoms with Gasteiger partial charge in [-0.25, -0.2) is 0 Å². The molecule has 0 bridgehead atoms. The van der Waals surface area contributed by atoms with Gasteiger partial charge in [0.05, 0.1) is 6.07 Å². The fraction of sp³-hybridized carbons (Fsp3) is 0.150. The molecule has 0 aliphatic carbocycles. The van der Waals surface area contributed by atoms with E-state index in [-0.39, 0.29) is 6.61 Å². The summed E-state index contributed by atoms with van der Waals surface area (Å²) >= 11 is 0. The number of rotatable bonds is 4. The molecule has 25 heavy (non-hydrogen) atoms. The van der Waals surface area contributed by atoms with Crippen molar-refractivity contribution in [1.29, 1.82) is 5.26 Å². The summed E-state index contributed by atoms with van der Waals surface area (Å²) in [5.41, 5.74) is 2.59. The Kier molecular flexibility index (Phi) is 4.62. The van der Waals surface area contributed by atoms with Gasteiger partial charge in [0.15, 0.2) is 11.7 Å². The van der Waals surface area contributed by atoms with Crippen molar-refractivity contribution in [2.24, 2.45) is 5.92 Å². The largest absolute Gasteiger partial charge is 0.488 e. The summed E-state index contributed by atoms with van der Waals surface area (Å²) in [6.45, 7) is 1.94. The molecule has 0 radical (unpaired) electrons. The summed E-state index contributed by atoms with van der Waals surface area (Å²) in [5.74, 6) is -1.92. The fourth-order valence-electron chi connectivity index (χ4n) is 2.62. The minimum absolute atomic E-state index is 0.0474. The molecule has 0 saturated carbocycles. The van der Waals surface area contributed by atoms with E-state index in [2.05, 4.69) is 5.32 Å². The number of nitrogens with zero attached hydrogens (tertiary/aromatic N) is 1. The van der Waals surface area contributed by atoms with Crippen LogP contribution in [-0.4, -0.2) is 18.3 Å². The third-order valence-corrected chi connectivity index (χ3v) is 3.89. The zero-order valence-corrected chi connectivity index (χ0v) is 13.7. The number of carbonyl (C=O) groups is 2. The van der Waals surface area contributed by atoms with Crippen LogP contribution in [0.15, 0.2) is 54.1 Å². The average molecular weight is 332 g/mol. The molecule has 0 saturated heterocycles. The highest BCUT2D eigenvalue weighted by atomic mass is 16.5. The minimum atomic E-state index is -1.42. The molecular weight excluding hydrogens is 316 g/mol. The van der Waals surface area contributed by atoms with E-state index in [4.69, 9.17) is 4.74 Å². The Morgan fingerprint density at radius 3 is 2.76 bits per heavy atom. The molecule has 1 atom stereocenters. The van der Waals surface area contributed by atoms with Gasteiger partial charge in [0.2, 0.25) is 5.91 Å². The van der Waals surface area contributed by atoms with Crippen LogP contribution in [0.25, 0.3) is 6.08 Å². The maximum Gasteiger partial charge on any atom is 0.249 e. The molecule has 2 aromatic rings. The Labute approximate surface area is 145 Å². The van der Waals surface area contributed by atoms with E-state index in [1.54, 1.807) is 36.4 Å². The number of nitriles is 1. The summed E-state index contributed by atoms with van der Waals surface area (Å²) in [6, 6.07) is 16.3. The van der Waals surface area contributed by atoms with Crippen molar-refractivity contribution in [2.75, 3.05) is 11.9 Å². The third kappa shape index (κ3) is 3.59. The topological polar surface area (TPSA) is 79.2 Å². The van der Waals surface area contributed by atoms with Crippen LogP contribution in [0.5, 0.6) is 5.75 Å². The number of fused-ring (bicyclic) bond motifs is 1. The van der Waals surface area contributed by atoms with Crippen LogP contribution in [0.3, 0.4) is 0 Å². The number of benzene rings is 2. The number of amides is 1. The normalized spacial score (nSPS) is 13.5. The fourth-order valence-corrected chi connectivity index (χ4v) is 2.62. The maximum atomic E-state index is 12.6. The van der Waals surface area contributed by atoms with Gasteiger partial charge in [-0.3, -0.25) is 9.59 Å². The molecule has 1 unspecified atom stereocenters. The first kappa shape index (κ1) is 16.5. The van der Waals surface area contributed by atoms with Gasteiger partial charge in [-0.05, 0) is 36.8 Å². The van der Waals surface area contributed by atoms with Crippen molar-refractivity contribution < 1.29 is 14.3 Å². The Morgan fingerprint density at radius 2 is 2.00 bits per heavy atom. The molecule has 5 nitrogen and oxygen atoms in total. The van der Waals surface area contributed by atoms with Crippen molar-refractivity contribution in [3.05, 3.63) is 65.2 Å². The van der Waals surface area contributed by atoms with Crippen molar-refractivity contribution in [3.63, 3.8) is 0 Å². The molecule has 1 amide bonds. The Morgan fingerprint density at radius 1 is 1.20 bits per heavy atom. The first-order valence-corrected chi connectivity index (χ1v) is 7.82. The second-order valence-corrected chi connectivity index (χ2v) is 5.78. The van der Waals surface area contributed by atoms with E-state index >= 15 is 0 Å². The number of nitrogens with one attached hydrogen (secondary N) is 1. The standard InChI is InChI=1S/C20H16N2O3/c1-13-5-4-7-16(9-13)22-20(24)17(11-21)19(23)15-10-14-6-2-3-8-18(14)25-12-15/h2-10,17H,12H2,1H3,(H,22,24). The highest BCUT2D eigenvalue weighted by Gasteiger charge is 2.30. The number of hydrogen-bond acceptors (Lipinski definition) is 4. The monoisotopic (exact) mass is 332 g/mol. The number of hydrogen-bond donors (Lipinski definition) is 1. The summed E-state index contributed by atoms with van der Waals surface area (Å²) in [6.07, 6.45) is 1.67. The van der Waals surface area contributed by atoms with Crippen LogP contribution in [0, 0.1) is 24.2 Å². The molecule has 0 spiro atoms. The van der Waals surface area contributed by atoms with Gasteiger partial charge in [-0.15, -0.1) is 0 Å². The smallest absolute Gasteiger partial charge is 0.249 e. The van der Waals surface area contributed by atoms with Crippen LogP contribution in [-0.2, 0) is 9.59 Å². The number of para-hydroxylation sites is 1. The van der Waals surface area contributed by atoms with E-state index < -0.39 is 17.6 Å². The summed E-state index contributed by atoms with van der Waals surface area (Å²) in [5, 5.41) is 11.9. The molecule has 5 heteroatoms. The van der Waals surface area contributed by atoms with Gasteiger partial charge in [-0.1, -0.05) is 30.3 Å². The number of carbonyl (C=O) groups excluding carboxylic acids is 2. The number of anilines is 1. The highest BCUT2D eigenvalue weighted by molar-refractivity contribution is 6.17. The lowest BCUT2D eigenvalue weighted by Gasteiger charge is -2.18. The Hall–Kier alpha value is -3.39. The highest BCUT2D eigenvalue weighted by Crippen LogP contribution is 2.27. The SMILES string of the molecule is Cc1cccc(NC(=O)C(C#N)C(=O)C2=Cc3ccccc3OC2)c1. The van der Waals surface area contributed by atoms with E-state index in [9.17, 15) is 14.9 Å². The van der Waals surface area contributed by atoms with Gasteiger partial charge in [0, 0.05) is 16.8 Å². The average Bonchev–Trinajstić information content (AvgIpc) is 2.61. The molecule has 3 rings (SSSR count). The molecule has 0 fully saturated rings. The molecule has 2 aromatic carbocycles. The van der Waals surface area contributed by atoms with E-state index in [1.165, 1.54) is 0 Å². The van der Waals surface area contributed by atoms with E-state index in [0.717, 1.165) is 11.1 Å². The quantitative estimate of drug-likeness (QED) is 0.873. The number of aryl methyl sites for hydroxylation is 1. The van der Waals surface area contributed by atoms with E-state index in [1.807, 2.05) is 31.2 Å². The van der Waals surface area contributed by atoms with Gasteiger partial charge in [-0.2, -0.15) is 5.26 Å². The van der Waals surface area contributed by atoms with Crippen LogP contribution in [0.4, 0.5) is 5.69 Å². The molecule has 0 aromatic heterocycles. The predicted molar refractivity (Wildman–Crippen MR) is 93.8 cm³/mol. The molecular formula is C20H16N2O3. The summed E-state index contributed by atoms with van der Waals surface area (Å²) in [4.78, 5) is 25.0. The van der Waals surface area contributed by atoms with Crippen LogP contribution >= 0.6 is 0 Å². The maximum absolute atomic E-state index is 12.6. The minimum Gasteiger partial charge on any atom is -0.488 e. The number of Topliss-reactive ketones (excluding diaryl/α,β-unsaturated/α-hetero) is 1. The van der Waals surface area contributed by atoms with Crippen molar-refractivity contribution in [1.82, 2.24) is 0 Å². The molecule has 1 N–H and O–H groups in total. The molecule has 1 aliphatic heterocycles. The zero-order chi connectivity index (χ0) is 17.8. The Balaban J connectivity index is 1.79. The molecule has 1 heterocycles. The number of ketones is 1. The first-order valence-electron chi connectivity index (χ1n) is 7.82. The Bertz CT molecular complexity index is 909. The second kappa shape index (κ2) is 7.02. The third-order valence-electron chi connectivity index (χ3n) is 3.89. The van der Waals surface area contributed by atoms with Gasteiger partial charge in [0.1, 0.15) is 12.4 Å². The van der Waals surface area contributed by atoms with Gasteiger partial charge in [0.25, 0.3) is 0 Å². The molecule has 1 aliphatic rings. The lowest BCUT2D eigenvalue weighted by atomic mass is 9.95. The van der Waals surface area contributed by atoms with Gasteiger partial charge >= 0.3 is 0 Å². The predicted octanol–water partition coefficient (Wildman–Crippen LogP) is 3.12. The summed E-state index contributed by atoms with van der Waals surface area (Å²) in [7, 11) is 0.